The Balaban J connectivity index is 2.27. The second kappa shape index (κ2) is 7.45. The average molecular weight is 300 g/mol. The Bertz CT molecular complexity index is 501. The van der Waals surface area contributed by atoms with Gasteiger partial charge >= 0.3 is 0 Å². The normalized spacial score (nSPS) is 12.7. The Labute approximate surface area is 120 Å². The predicted molar refractivity (Wildman–Crippen MR) is 82.8 cm³/mol. The number of benzene rings is 1. The summed E-state index contributed by atoms with van der Waals surface area (Å²) in [7, 11) is -2.91. The summed E-state index contributed by atoms with van der Waals surface area (Å²) in [6, 6.07) is 9.98. The van der Waals surface area contributed by atoms with Crippen LogP contribution in [-0.4, -0.2) is 31.6 Å². The summed E-state index contributed by atoms with van der Waals surface area (Å²) < 4.78 is 22.1. The first-order valence-electron chi connectivity index (χ1n) is 6.13. The zero-order chi connectivity index (χ0) is 14.3. The fourth-order valence-corrected chi connectivity index (χ4v) is 2.57. The minimum absolute atomic E-state index is 0.0329. The van der Waals surface area contributed by atoms with E-state index in [2.05, 4.69) is 10.6 Å². The van der Waals surface area contributed by atoms with Gasteiger partial charge < -0.3 is 10.6 Å². The Morgan fingerprint density at radius 3 is 2.53 bits per heavy atom. The quantitative estimate of drug-likeness (QED) is 0.779. The van der Waals surface area contributed by atoms with Gasteiger partial charge in [0.05, 0.1) is 5.75 Å². The first-order valence-corrected chi connectivity index (χ1v) is 8.60. The number of nitrogens with one attached hydrogen (secondary N) is 2. The summed E-state index contributed by atoms with van der Waals surface area (Å²) in [6.07, 6.45) is 1.79. The zero-order valence-electron chi connectivity index (χ0n) is 11.2. The summed E-state index contributed by atoms with van der Waals surface area (Å²) in [5, 5.41) is 6.72. The van der Waals surface area contributed by atoms with Crippen LogP contribution in [0, 0.1) is 0 Å². The van der Waals surface area contributed by atoms with Gasteiger partial charge in [0.15, 0.2) is 5.11 Å². The van der Waals surface area contributed by atoms with Gasteiger partial charge in [0, 0.05) is 18.8 Å². The van der Waals surface area contributed by atoms with Crippen molar-refractivity contribution in [3.63, 3.8) is 0 Å². The van der Waals surface area contributed by atoms with Gasteiger partial charge in [-0.2, -0.15) is 0 Å². The van der Waals surface area contributed by atoms with Crippen LogP contribution in [0.5, 0.6) is 0 Å². The third-order valence-electron chi connectivity index (χ3n) is 2.60. The fraction of sp³-hybridized carbons (Fsp3) is 0.462. The van der Waals surface area contributed by atoms with Crippen LogP contribution in [0.25, 0.3) is 0 Å². The van der Waals surface area contributed by atoms with E-state index >= 15 is 0 Å². The SMILES string of the molecule is C[C@@H](CCS(C)(=O)=O)NC(=S)NCc1ccccc1. The fourth-order valence-electron chi connectivity index (χ4n) is 1.52. The Morgan fingerprint density at radius 2 is 1.95 bits per heavy atom. The van der Waals surface area contributed by atoms with Crippen molar-refractivity contribution in [2.24, 2.45) is 0 Å². The Morgan fingerprint density at radius 1 is 1.32 bits per heavy atom. The molecular weight excluding hydrogens is 280 g/mol. The lowest BCUT2D eigenvalue weighted by Gasteiger charge is -2.16. The molecule has 1 aromatic carbocycles. The van der Waals surface area contributed by atoms with Gasteiger partial charge in [-0.1, -0.05) is 30.3 Å². The summed E-state index contributed by atoms with van der Waals surface area (Å²) in [6.45, 7) is 2.58. The van der Waals surface area contributed by atoms with Crippen LogP contribution in [0.4, 0.5) is 0 Å². The molecule has 4 nitrogen and oxygen atoms in total. The highest BCUT2D eigenvalue weighted by atomic mass is 32.2. The van der Waals surface area contributed by atoms with Gasteiger partial charge in [0.1, 0.15) is 9.84 Å². The number of thiocarbonyl (C=S) groups is 1. The molecule has 19 heavy (non-hydrogen) atoms. The maximum atomic E-state index is 11.1. The first-order chi connectivity index (χ1) is 8.87. The molecule has 0 amide bonds. The Kier molecular flexibility index (Phi) is 6.24. The Hall–Kier alpha value is -1.14. The molecule has 0 aliphatic heterocycles. The monoisotopic (exact) mass is 300 g/mol. The lowest BCUT2D eigenvalue weighted by molar-refractivity contribution is 0.583. The molecule has 0 fully saturated rings. The van der Waals surface area contributed by atoms with Crippen LogP contribution < -0.4 is 10.6 Å². The predicted octanol–water partition coefficient (Wildman–Crippen LogP) is 1.47. The van der Waals surface area contributed by atoms with Gasteiger partial charge in [0.25, 0.3) is 0 Å². The van der Waals surface area contributed by atoms with E-state index in [1.807, 2.05) is 37.3 Å². The van der Waals surface area contributed by atoms with Crippen molar-refractivity contribution in [2.45, 2.75) is 25.9 Å². The highest BCUT2D eigenvalue weighted by Crippen LogP contribution is 1.98. The third kappa shape index (κ3) is 7.79. The molecular formula is C13H20N2O2S2. The molecule has 0 aliphatic carbocycles. The van der Waals surface area contributed by atoms with Gasteiger partial charge in [-0.3, -0.25) is 0 Å². The van der Waals surface area contributed by atoms with Crippen LogP contribution in [0.15, 0.2) is 30.3 Å². The molecule has 0 bridgehead atoms. The number of hydrogen-bond donors (Lipinski definition) is 2. The molecule has 2 N–H and O–H groups in total. The lowest BCUT2D eigenvalue weighted by Crippen LogP contribution is -2.40. The van der Waals surface area contributed by atoms with E-state index in [1.54, 1.807) is 0 Å². The number of sulfone groups is 1. The van der Waals surface area contributed by atoms with Crippen molar-refractivity contribution >= 4 is 27.2 Å². The lowest BCUT2D eigenvalue weighted by atomic mass is 10.2. The number of rotatable bonds is 6. The number of hydrogen-bond acceptors (Lipinski definition) is 3. The maximum absolute atomic E-state index is 11.1. The smallest absolute Gasteiger partial charge is 0.166 e. The molecule has 0 saturated heterocycles. The van der Waals surface area contributed by atoms with Gasteiger partial charge in [-0.15, -0.1) is 0 Å². The molecule has 106 valence electrons. The molecule has 0 radical (unpaired) electrons. The van der Waals surface area contributed by atoms with Crippen LogP contribution in [0.2, 0.25) is 0 Å². The molecule has 1 rings (SSSR count). The summed E-state index contributed by atoms with van der Waals surface area (Å²) in [4.78, 5) is 0. The van der Waals surface area contributed by atoms with E-state index in [9.17, 15) is 8.42 Å². The van der Waals surface area contributed by atoms with Gasteiger partial charge in [0.2, 0.25) is 0 Å². The summed E-state index contributed by atoms with van der Waals surface area (Å²) in [5.74, 6) is 0.169. The van der Waals surface area contributed by atoms with E-state index in [0.29, 0.717) is 18.1 Å². The third-order valence-corrected chi connectivity index (χ3v) is 3.83. The van der Waals surface area contributed by atoms with Crippen molar-refractivity contribution in [1.29, 1.82) is 0 Å². The first kappa shape index (κ1) is 15.9. The van der Waals surface area contributed by atoms with E-state index in [-0.39, 0.29) is 11.8 Å². The standard InChI is InChI=1S/C13H20N2O2S2/c1-11(8-9-19(2,16)17)15-13(18)14-10-12-6-4-3-5-7-12/h3-7,11H,8-10H2,1-2H3,(H2,14,15,18)/t11-/m0/s1. The molecule has 6 heteroatoms. The van der Waals surface area contributed by atoms with E-state index in [1.165, 1.54) is 6.26 Å². The molecule has 0 saturated carbocycles. The highest BCUT2D eigenvalue weighted by molar-refractivity contribution is 7.90. The van der Waals surface area contributed by atoms with Crippen molar-refractivity contribution in [1.82, 2.24) is 10.6 Å². The van der Waals surface area contributed by atoms with Crippen LogP contribution in [0.3, 0.4) is 0 Å². The molecule has 0 spiro atoms. The van der Waals surface area contributed by atoms with Crippen LogP contribution >= 0.6 is 12.2 Å². The summed E-state index contributed by atoms with van der Waals surface area (Å²) >= 11 is 5.17. The molecule has 0 heterocycles. The van der Waals surface area contributed by atoms with E-state index in [4.69, 9.17) is 12.2 Å². The molecule has 0 unspecified atom stereocenters. The molecule has 1 aromatic rings. The largest absolute Gasteiger partial charge is 0.360 e. The van der Waals surface area contributed by atoms with E-state index < -0.39 is 9.84 Å². The second-order valence-electron chi connectivity index (χ2n) is 4.63. The van der Waals surface area contributed by atoms with Gasteiger partial charge in [-0.25, -0.2) is 8.42 Å². The average Bonchev–Trinajstić information content (AvgIpc) is 2.34. The van der Waals surface area contributed by atoms with Gasteiger partial charge in [-0.05, 0) is 31.1 Å². The highest BCUT2D eigenvalue weighted by Gasteiger charge is 2.08. The van der Waals surface area contributed by atoms with Crippen LogP contribution in [-0.2, 0) is 16.4 Å². The summed E-state index contributed by atoms with van der Waals surface area (Å²) in [5.41, 5.74) is 1.15. The van der Waals surface area contributed by atoms with Crippen molar-refractivity contribution in [3.05, 3.63) is 35.9 Å². The molecule has 0 aliphatic rings. The minimum atomic E-state index is -2.91. The van der Waals surface area contributed by atoms with Crippen molar-refractivity contribution in [2.75, 3.05) is 12.0 Å². The van der Waals surface area contributed by atoms with E-state index in [0.717, 1.165) is 5.56 Å². The minimum Gasteiger partial charge on any atom is -0.360 e. The second-order valence-corrected chi connectivity index (χ2v) is 7.30. The topological polar surface area (TPSA) is 58.2 Å². The van der Waals surface area contributed by atoms with Crippen molar-refractivity contribution < 1.29 is 8.42 Å². The zero-order valence-corrected chi connectivity index (χ0v) is 12.9. The van der Waals surface area contributed by atoms with Crippen LogP contribution in [0.1, 0.15) is 18.9 Å². The maximum Gasteiger partial charge on any atom is 0.166 e. The molecule has 1 atom stereocenters. The van der Waals surface area contributed by atoms with Crippen molar-refractivity contribution in [3.8, 4) is 0 Å². The molecule has 0 aromatic heterocycles.